The molecular weight excluding hydrogens is 291 g/mol. The van der Waals surface area contributed by atoms with Crippen molar-refractivity contribution in [1.29, 1.82) is 0 Å². The van der Waals surface area contributed by atoms with Gasteiger partial charge in [-0.05, 0) is 38.0 Å². The number of aliphatic hydroxyl groups is 1. The minimum Gasteiger partial charge on any atom is -0.862 e. The maximum absolute atomic E-state index is 11.6. The van der Waals surface area contributed by atoms with Crippen molar-refractivity contribution in [3.8, 4) is 0 Å². The smallest absolute Gasteiger partial charge is 0.862 e. The van der Waals surface area contributed by atoms with Crippen LogP contribution in [0.25, 0.3) is 0 Å². The molecule has 0 aromatic carbocycles. The fraction of sp³-hybridized carbons (Fsp3) is 0.750. The molecule has 0 aliphatic rings. The molecule has 0 heterocycles. The third-order valence-corrected chi connectivity index (χ3v) is 3.28. The van der Waals surface area contributed by atoms with Crippen LogP contribution < -0.4 is 24.0 Å². The molecule has 0 atom stereocenters. The van der Waals surface area contributed by atoms with Crippen LogP contribution in [0.2, 0.25) is 0 Å². The first kappa shape index (κ1) is 24.4. The van der Waals surface area contributed by atoms with E-state index in [1.54, 1.807) is 0 Å². The summed E-state index contributed by atoms with van der Waals surface area (Å²) in [7, 11) is 0. The Morgan fingerprint density at radius 3 is 2.48 bits per heavy atom. The molecule has 0 fully saturated rings. The Balaban J connectivity index is 0. The number of carboxylic acid groups (broad SMARTS) is 1. The number of allylic oxidation sites excluding steroid dienone is 1. The van der Waals surface area contributed by atoms with E-state index in [9.17, 15) is 9.90 Å². The maximum atomic E-state index is 11.6. The summed E-state index contributed by atoms with van der Waals surface area (Å²) in [5.41, 5.74) is 0. The molecule has 0 saturated carbocycles. The Morgan fingerprint density at radius 1 is 1.13 bits per heavy atom. The second-order valence-electron chi connectivity index (χ2n) is 5.23. The Labute approximate surface area is 151 Å². The summed E-state index contributed by atoms with van der Waals surface area (Å²) >= 11 is 0. The van der Waals surface area contributed by atoms with Gasteiger partial charge in [0.05, 0.1) is 13.0 Å². The number of unbranched alkanes of at least 4 members (excludes halogenated alkanes) is 3. The number of carbonyl (C=O) groups is 1. The molecular formula is C16H29LiN2O4. The molecule has 0 spiro atoms. The molecule has 0 radical (unpaired) electrons. The van der Waals surface area contributed by atoms with Gasteiger partial charge >= 0.3 is 24.8 Å². The minimum atomic E-state index is -0.846. The van der Waals surface area contributed by atoms with Crippen LogP contribution in [0.1, 0.15) is 44.9 Å². The summed E-state index contributed by atoms with van der Waals surface area (Å²) in [6.45, 7) is 5.70. The molecule has 0 bridgehead atoms. The maximum Gasteiger partial charge on any atom is 1.00 e. The molecule has 7 heteroatoms. The van der Waals surface area contributed by atoms with Gasteiger partial charge in [0.15, 0.2) is 0 Å². The average molecular weight is 320 g/mol. The predicted octanol–water partition coefficient (Wildman–Crippen LogP) is -1.96. The Kier molecular flexibility index (Phi) is 18.7. The van der Waals surface area contributed by atoms with Gasteiger partial charge in [-0.25, -0.2) is 0 Å². The number of rotatable bonds is 15. The van der Waals surface area contributed by atoms with Gasteiger partial charge in [0.25, 0.3) is 0 Å². The Bertz CT molecular complexity index is 338. The molecule has 0 aliphatic heterocycles. The van der Waals surface area contributed by atoms with Gasteiger partial charge in [-0.2, -0.15) is 0 Å². The topological polar surface area (TPSA) is 96.2 Å². The van der Waals surface area contributed by atoms with E-state index in [0.717, 1.165) is 25.7 Å². The first-order valence-corrected chi connectivity index (χ1v) is 7.96. The molecule has 0 aromatic rings. The van der Waals surface area contributed by atoms with Crippen molar-refractivity contribution in [1.82, 2.24) is 4.90 Å². The van der Waals surface area contributed by atoms with Crippen LogP contribution in [0.4, 0.5) is 0 Å². The Morgan fingerprint density at radius 2 is 1.87 bits per heavy atom. The van der Waals surface area contributed by atoms with E-state index in [2.05, 4.69) is 11.6 Å². The van der Waals surface area contributed by atoms with E-state index in [-0.39, 0.29) is 37.8 Å². The molecule has 0 aromatic heterocycles. The van der Waals surface area contributed by atoms with Gasteiger partial charge < -0.3 is 25.2 Å². The van der Waals surface area contributed by atoms with Gasteiger partial charge in [0.1, 0.15) is 0 Å². The fourth-order valence-corrected chi connectivity index (χ4v) is 2.02. The van der Waals surface area contributed by atoms with Crippen molar-refractivity contribution >= 4 is 11.9 Å². The molecule has 0 amide bonds. The Hall–Kier alpha value is -0.803. The van der Waals surface area contributed by atoms with E-state index in [0.29, 0.717) is 39.0 Å². The fourth-order valence-electron chi connectivity index (χ4n) is 2.02. The van der Waals surface area contributed by atoms with E-state index in [1.165, 1.54) is 0 Å². The molecule has 6 nitrogen and oxygen atoms in total. The number of aliphatic carboxylic acids is 1. The van der Waals surface area contributed by atoms with Crippen LogP contribution in [0, 0.1) is 0 Å². The van der Waals surface area contributed by atoms with Crippen molar-refractivity contribution in [3.05, 3.63) is 12.7 Å². The zero-order valence-corrected chi connectivity index (χ0v) is 14.4. The quantitative estimate of drug-likeness (QED) is 0.120. The van der Waals surface area contributed by atoms with E-state index >= 15 is 0 Å². The summed E-state index contributed by atoms with van der Waals surface area (Å²) in [6.07, 6.45) is 6.90. The van der Waals surface area contributed by atoms with Crippen molar-refractivity contribution in [2.24, 2.45) is 4.99 Å². The minimum absolute atomic E-state index is 0. The number of nitrogens with zero attached hydrogens (tertiary/aromatic N) is 2. The van der Waals surface area contributed by atoms with Crippen molar-refractivity contribution < 1.29 is 39.0 Å². The first-order valence-electron chi connectivity index (χ1n) is 7.96. The van der Waals surface area contributed by atoms with Crippen LogP contribution in [0.15, 0.2) is 17.6 Å². The molecule has 2 N–H and O–H groups in total. The van der Waals surface area contributed by atoms with Crippen LogP contribution in [0.5, 0.6) is 0 Å². The van der Waals surface area contributed by atoms with Crippen LogP contribution >= 0.6 is 0 Å². The van der Waals surface area contributed by atoms with Crippen LogP contribution in [0.3, 0.4) is 0 Å². The summed E-state index contributed by atoms with van der Waals surface area (Å²) in [4.78, 5) is 16.5. The summed E-state index contributed by atoms with van der Waals surface area (Å²) in [6, 6.07) is 0. The second kappa shape index (κ2) is 17.5. The van der Waals surface area contributed by atoms with Gasteiger partial charge in [0, 0.05) is 26.2 Å². The zero-order valence-electron chi connectivity index (χ0n) is 14.4. The number of carboxylic acids is 1. The van der Waals surface area contributed by atoms with Crippen molar-refractivity contribution in [2.75, 3.05) is 32.8 Å². The summed E-state index contributed by atoms with van der Waals surface area (Å²) in [5.74, 6) is -0.930. The summed E-state index contributed by atoms with van der Waals surface area (Å²) in [5, 5.41) is 29.1. The standard InChI is InChI=1S/C16H30N2O4.Li/c1-2-3-4-5-6-8-15(20)17-10-13-18(11-7-14-19)12-9-16(21)22;/h2,19H,1,3-14H2,(H,17,20)(H,21,22);/q;+1/p-1. The first-order chi connectivity index (χ1) is 10.6. The SMILES string of the molecule is C=CCCCCCC([O-])=NCCN(CCCO)CCC(=O)O.[Li+]. The van der Waals surface area contributed by atoms with Crippen molar-refractivity contribution in [3.63, 3.8) is 0 Å². The van der Waals surface area contributed by atoms with Gasteiger partial charge in [-0.15, -0.1) is 6.58 Å². The number of aliphatic hydroxyl groups excluding tert-OH is 1. The van der Waals surface area contributed by atoms with Crippen molar-refractivity contribution in [2.45, 2.75) is 44.9 Å². The molecule has 23 heavy (non-hydrogen) atoms. The molecule has 0 saturated heterocycles. The third kappa shape index (κ3) is 17.4. The van der Waals surface area contributed by atoms with Gasteiger partial charge in [-0.1, -0.05) is 12.5 Å². The molecule has 0 rings (SSSR count). The normalized spacial score (nSPS) is 11.3. The number of hydrogen-bond acceptors (Lipinski definition) is 5. The zero-order chi connectivity index (χ0) is 16.6. The van der Waals surface area contributed by atoms with Gasteiger partial charge in [0.2, 0.25) is 0 Å². The second-order valence-corrected chi connectivity index (χ2v) is 5.23. The molecule has 0 unspecified atom stereocenters. The van der Waals surface area contributed by atoms with Crippen LogP contribution in [-0.2, 0) is 4.79 Å². The molecule has 128 valence electrons. The monoisotopic (exact) mass is 320 g/mol. The third-order valence-electron chi connectivity index (χ3n) is 3.28. The predicted molar refractivity (Wildman–Crippen MR) is 86.0 cm³/mol. The van der Waals surface area contributed by atoms with Crippen LogP contribution in [-0.4, -0.2) is 59.8 Å². The number of aliphatic imine (C=N–C) groups is 1. The summed E-state index contributed by atoms with van der Waals surface area (Å²) < 4.78 is 0. The van der Waals surface area contributed by atoms with E-state index < -0.39 is 5.97 Å². The van der Waals surface area contributed by atoms with E-state index in [4.69, 9.17) is 10.2 Å². The van der Waals surface area contributed by atoms with Gasteiger partial charge in [-0.3, -0.25) is 4.79 Å². The average Bonchev–Trinajstić information content (AvgIpc) is 2.49. The largest absolute Gasteiger partial charge is 1.00 e. The molecule has 0 aliphatic carbocycles. The van der Waals surface area contributed by atoms with E-state index in [1.807, 2.05) is 11.0 Å². The number of hydrogen-bond donors (Lipinski definition) is 2.